The van der Waals surface area contributed by atoms with Crippen molar-refractivity contribution in [3.8, 4) is 6.07 Å². The first kappa shape index (κ1) is 14.0. The standard InChI is InChI=1S/C14H18N2O2S/c1-12-11-19(17,18)8-7-16(12)10-14(9-15)13-5-3-2-4-6-13/h2-6,12,14H,7-8,10-11H2,1H3. The molecule has 0 radical (unpaired) electrons. The van der Waals surface area contributed by atoms with Crippen LogP contribution in [0.5, 0.6) is 0 Å². The summed E-state index contributed by atoms with van der Waals surface area (Å²) in [5, 5.41) is 9.30. The van der Waals surface area contributed by atoms with Crippen LogP contribution in [0.1, 0.15) is 18.4 Å². The van der Waals surface area contributed by atoms with E-state index >= 15 is 0 Å². The Bertz CT molecular complexity index is 563. The van der Waals surface area contributed by atoms with Gasteiger partial charge in [0.1, 0.15) is 0 Å². The van der Waals surface area contributed by atoms with Gasteiger partial charge in [-0.2, -0.15) is 5.26 Å². The van der Waals surface area contributed by atoms with E-state index in [2.05, 4.69) is 11.0 Å². The van der Waals surface area contributed by atoms with Crippen LogP contribution in [0.15, 0.2) is 30.3 Å². The highest BCUT2D eigenvalue weighted by Crippen LogP contribution is 2.20. The summed E-state index contributed by atoms with van der Waals surface area (Å²) in [5.41, 5.74) is 0.991. The van der Waals surface area contributed by atoms with Crippen LogP contribution in [-0.2, 0) is 9.84 Å². The Balaban J connectivity index is 2.06. The average Bonchev–Trinajstić information content (AvgIpc) is 2.38. The zero-order valence-electron chi connectivity index (χ0n) is 11.0. The minimum absolute atomic E-state index is 0.0155. The maximum absolute atomic E-state index is 11.5. The van der Waals surface area contributed by atoms with Gasteiger partial charge >= 0.3 is 0 Å². The monoisotopic (exact) mass is 278 g/mol. The van der Waals surface area contributed by atoms with Gasteiger partial charge in [-0.05, 0) is 12.5 Å². The van der Waals surface area contributed by atoms with E-state index < -0.39 is 9.84 Å². The van der Waals surface area contributed by atoms with E-state index in [1.54, 1.807) is 0 Å². The van der Waals surface area contributed by atoms with Crippen LogP contribution < -0.4 is 0 Å². The van der Waals surface area contributed by atoms with Gasteiger partial charge in [0.15, 0.2) is 9.84 Å². The summed E-state index contributed by atoms with van der Waals surface area (Å²) in [4.78, 5) is 2.10. The predicted octanol–water partition coefficient (Wildman–Crippen LogP) is 1.41. The molecule has 1 heterocycles. The minimum atomic E-state index is -2.90. The molecule has 1 aromatic rings. The van der Waals surface area contributed by atoms with Crippen LogP contribution in [0.4, 0.5) is 0 Å². The Morgan fingerprint density at radius 1 is 1.42 bits per heavy atom. The fraction of sp³-hybridized carbons (Fsp3) is 0.500. The molecule has 0 N–H and O–H groups in total. The van der Waals surface area contributed by atoms with E-state index in [9.17, 15) is 13.7 Å². The van der Waals surface area contributed by atoms with Gasteiger partial charge in [0, 0.05) is 19.1 Å². The van der Waals surface area contributed by atoms with Crippen molar-refractivity contribution in [1.82, 2.24) is 4.90 Å². The van der Waals surface area contributed by atoms with E-state index in [-0.39, 0.29) is 23.5 Å². The average molecular weight is 278 g/mol. The van der Waals surface area contributed by atoms with Crippen molar-refractivity contribution in [3.05, 3.63) is 35.9 Å². The van der Waals surface area contributed by atoms with E-state index in [1.165, 1.54) is 0 Å². The van der Waals surface area contributed by atoms with Crippen molar-refractivity contribution in [3.63, 3.8) is 0 Å². The zero-order chi connectivity index (χ0) is 13.9. The molecule has 0 amide bonds. The molecule has 0 spiro atoms. The summed E-state index contributed by atoms with van der Waals surface area (Å²) in [5.74, 6) is 0.189. The largest absolute Gasteiger partial charge is 0.297 e. The molecule has 0 bridgehead atoms. The van der Waals surface area contributed by atoms with Gasteiger partial charge < -0.3 is 0 Å². The van der Waals surface area contributed by atoms with Gasteiger partial charge in [0.2, 0.25) is 0 Å². The molecule has 1 aliphatic rings. The van der Waals surface area contributed by atoms with Crippen molar-refractivity contribution >= 4 is 9.84 Å². The Kier molecular flexibility index (Phi) is 4.23. The van der Waals surface area contributed by atoms with Crippen molar-refractivity contribution in [1.29, 1.82) is 5.26 Å². The van der Waals surface area contributed by atoms with E-state index in [0.717, 1.165) is 5.56 Å². The van der Waals surface area contributed by atoms with Crippen molar-refractivity contribution in [2.45, 2.75) is 18.9 Å². The Labute approximate surface area is 114 Å². The molecular formula is C14H18N2O2S. The summed E-state index contributed by atoms with van der Waals surface area (Å²) in [6.07, 6.45) is 0. The van der Waals surface area contributed by atoms with Crippen LogP contribution in [0, 0.1) is 11.3 Å². The molecular weight excluding hydrogens is 260 g/mol. The molecule has 2 rings (SSSR count). The molecule has 19 heavy (non-hydrogen) atoms. The Morgan fingerprint density at radius 2 is 2.11 bits per heavy atom. The second-order valence-corrected chi connectivity index (χ2v) is 7.28. The molecule has 0 aliphatic carbocycles. The van der Waals surface area contributed by atoms with Crippen molar-refractivity contribution in [2.24, 2.45) is 0 Å². The molecule has 0 saturated carbocycles. The first-order chi connectivity index (χ1) is 9.02. The SMILES string of the molecule is CC1CS(=O)(=O)CCN1CC(C#N)c1ccccc1. The quantitative estimate of drug-likeness (QED) is 0.839. The lowest BCUT2D eigenvalue weighted by Gasteiger charge is -2.34. The third-order valence-corrected chi connectivity index (χ3v) is 5.38. The molecule has 1 aromatic carbocycles. The maximum Gasteiger partial charge on any atom is 0.153 e. The van der Waals surface area contributed by atoms with Gasteiger partial charge in [-0.1, -0.05) is 30.3 Å². The molecule has 2 atom stereocenters. The minimum Gasteiger partial charge on any atom is -0.297 e. The number of sulfone groups is 1. The second kappa shape index (κ2) is 5.72. The van der Waals surface area contributed by atoms with Crippen LogP contribution in [0.2, 0.25) is 0 Å². The molecule has 5 heteroatoms. The Morgan fingerprint density at radius 3 is 2.68 bits per heavy atom. The third kappa shape index (κ3) is 3.55. The number of hydrogen-bond donors (Lipinski definition) is 0. The second-order valence-electron chi connectivity index (χ2n) is 5.05. The van der Waals surface area contributed by atoms with Gasteiger partial charge in [0.25, 0.3) is 0 Å². The summed E-state index contributed by atoms with van der Waals surface area (Å²) >= 11 is 0. The number of hydrogen-bond acceptors (Lipinski definition) is 4. The number of benzene rings is 1. The number of rotatable bonds is 3. The third-order valence-electron chi connectivity index (χ3n) is 3.58. The fourth-order valence-electron chi connectivity index (χ4n) is 2.44. The lowest BCUT2D eigenvalue weighted by atomic mass is 9.99. The van der Waals surface area contributed by atoms with Crippen LogP contribution in [-0.4, -0.2) is 44.0 Å². The van der Waals surface area contributed by atoms with Crippen molar-refractivity contribution < 1.29 is 8.42 Å². The summed E-state index contributed by atoms with van der Waals surface area (Å²) in [6.45, 7) is 3.03. The van der Waals surface area contributed by atoms with E-state index in [1.807, 2.05) is 37.3 Å². The van der Waals surface area contributed by atoms with Crippen molar-refractivity contribution in [2.75, 3.05) is 24.6 Å². The summed E-state index contributed by atoms with van der Waals surface area (Å²) < 4.78 is 23.1. The first-order valence-corrected chi connectivity index (χ1v) is 8.23. The zero-order valence-corrected chi connectivity index (χ0v) is 11.8. The maximum atomic E-state index is 11.5. The van der Waals surface area contributed by atoms with Crippen LogP contribution >= 0.6 is 0 Å². The lowest BCUT2D eigenvalue weighted by molar-refractivity contribution is 0.222. The summed E-state index contributed by atoms with van der Waals surface area (Å²) in [7, 11) is -2.90. The van der Waals surface area contributed by atoms with Gasteiger partial charge in [0.05, 0.1) is 23.5 Å². The van der Waals surface area contributed by atoms with Crippen LogP contribution in [0.25, 0.3) is 0 Å². The van der Waals surface area contributed by atoms with Gasteiger partial charge in [-0.15, -0.1) is 0 Å². The van der Waals surface area contributed by atoms with E-state index in [4.69, 9.17) is 0 Å². The number of nitrogens with zero attached hydrogens (tertiary/aromatic N) is 2. The highest BCUT2D eigenvalue weighted by Gasteiger charge is 2.29. The molecule has 4 nitrogen and oxygen atoms in total. The summed E-state index contributed by atoms with van der Waals surface area (Å²) in [6, 6.07) is 12.0. The highest BCUT2D eigenvalue weighted by atomic mass is 32.2. The molecule has 1 aliphatic heterocycles. The van der Waals surface area contributed by atoms with E-state index in [0.29, 0.717) is 13.1 Å². The number of nitriles is 1. The molecule has 1 fully saturated rings. The molecule has 0 aromatic heterocycles. The fourth-order valence-corrected chi connectivity index (χ4v) is 4.07. The van der Waals surface area contributed by atoms with Gasteiger partial charge in [-0.25, -0.2) is 8.42 Å². The molecule has 2 unspecified atom stereocenters. The van der Waals surface area contributed by atoms with Gasteiger partial charge in [-0.3, -0.25) is 4.90 Å². The highest BCUT2D eigenvalue weighted by molar-refractivity contribution is 7.91. The molecule has 1 saturated heterocycles. The predicted molar refractivity (Wildman–Crippen MR) is 74.5 cm³/mol. The Hall–Kier alpha value is -1.38. The first-order valence-electron chi connectivity index (χ1n) is 6.41. The smallest absolute Gasteiger partial charge is 0.153 e. The molecule has 102 valence electrons. The lowest BCUT2D eigenvalue weighted by Crippen LogP contribution is -2.48. The van der Waals surface area contributed by atoms with Crippen LogP contribution in [0.3, 0.4) is 0 Å². The normalized spacial score (nSPS) is 24.5. The topological polar surface area (TPSA) is 61.2 Å².